The minimum Gasteiger partial charge on any atom is -0.290 e. The molecule has 7 heteroatoms. The second-order valence-corrected chi connectivity index (χ2v) is 2.29. The van der Waals surface area contributed by atoms with E-state index in [1.807, 2.05) is 0 Å². The Kier molecular flexibility index (Phi) is 3.03. The number of halogens is 3. The van der Waals surface area contributed by atoms with Crippen LogP contribution in [0.25, 0.3) is 0 Å². The molecule has 0 unspecified atom stereocenters. The Labute approximate surface area is 77.1 Å². The van der Waals surface area contributed by atoms with E-state index >= 15 is 0 Å². The summed E-state index contributed by atoms with van der Waals surface area (Å²) in [6, 6.07) is 1.95. The number of aliphatic imine (C=N–C) groups is 1. The number of pyridine rings is 1. The molecule has 0 fully saturated rings. The molecule has 1 aromatic rings. The fraction of sp³-hybridized carbons (Fsp3) is 0.143. The largest absolute Gasteiger partial charge is 0.417 e. The highest BCUT2D eigenvalue weighted by atomic mass is 19.4. The van der Waals surface area contributed by atoms with Crippen molar-refractivity contribution in [3.8, 4) is 0 Å². The number of nitrogens with one attached hydrogen (secondary N) is 1. The molecule has 14 heavy (non-hydrogen) atoms. The summed E-state index contributed by atoms with van der Waals surface area (Å²) in [7, 11) is 0. The van der Waals surface area contributed by atoms with Crippen molar-refractivity contribution in [3.63, 3.8) is 0 Å². The Bertz CT molecular complexity index is 320. The van der Waals surface area contributed by atoms with Crippen LogP contribution in [0.3, 0.4) is 0 Å². The first-order valence-electron chi connectivity index (χ1n) is 3.49. The Morgan fingerprint density at radius 2 is 2.14 bits per heavy atom. The zero-order valence-corrected chi connectivity index (χ0v) is 6.78. The van der Waals surface area contributed by atoms with Gasteiger partial charge in [0.05, 0.1) is 5.56 Å². The molecule has 1 rings (SSSR count). The summed E-state index contributed by atoms with van der Waals surface area (Å²) < 4.78 is 36.1. The van der Waals surface area contributed by atoms with Gasteiger partial charge in [0, 0.05) is 6.20 Å². The highest BCUT2D eigenvalue weighted by molar-refractivity contribution is 5.57. The van der Waals surface area contributed by atoms with Gasteiger partial charge in [-0.1, -0.05) is 0 Å². The molecule has 4 nitrogen and oxygen atoms in total. The van der Waals surface area contributed by atoms with Crippen molar-refractivity contribution in [1.29, 1.82) is 0 Å². The molecule has 1 heterocycles. The summed E-state index contributed by atoms with van der Waals surface area (Å²) in [5.41, 5.74) is 0.768. The predicted molar refractivity (Wildman–Crippen MR) is 42.3 cm³/mol. The molecule has 0 bridgehead atoms. The molecule has 1 aromatic heterocycles. The Hall–Kier alpha value is -1.63. The maximum atomic E-state index is 12.0. The van der Waals surface area contributed by atoms with Gasteiger partial charge >= 0.3 is 6.18 Å². The van der Waals surface area contributed by atoms with Crippen LogP contribution in [0.15, 0.2) is 23.3 Å². The molecule has 2 N–H and O–H groups in total. The molecule has 0 saturated carbocycles. The van der Waals surface area contributed by atoms with Crippen molar-refractivity contribution in [2.75, 3.05) is 0 Å². The van der Waals surface area contributed by atoms with E-state index in [0.29, 0.717) is 6.20 Å². The normalized spacial score (nSPS) is 12.0. The van der Waals surface area contributed by atoms with Gasteiger partial charge in [-0.15, -0.1) is 0 Å². The molecule has 0 aliphatic heterocycles. The molecule has 0 amide bonds. The molecular weight excluding hydrogens is 199 g/mol. The van der Waals surface area contributed by atoms with E-state index in [1.54, 1.807) is 5.48 Å². The third-order valence-electron chi connectivity index (χ3n) is 1.33. The summed E-state index contributed by atoms with van der Waals surface area (Å²) in [5, 5.41) is 8.10. The van der Waals surface area contributed by atoms with Crippen LogP contribution in [0, 0.1) is 0 Å². The van der Waals surface area contributed by atoms with Gasteiger partial charge in [-0.05, 0) is 12.1 Å². The van der Waals surface area contributed by atoms with E-state index in [0.717, 1.165) is 18.5 Å². The first-order chi connectivity index (χ1) is 6.54. The van der Waals surface area contributed by atoms with Crippen molar-refractivity contribution >= 4 is 12.2 Å². The molecule has 0 atom stereocenters. The molecule has 0 saturated heterocycles. The Morgan fingerprint density at radius 3 is 2.57 bits per heavy atom. The monoisotopic (exact) mass is 205 g/mol. The number of hydrogen-bond donors (Lipinski definition) is 2. The van der Waals surface area contributed by atoms with E-state index in [9.17, 15) is 13.2 Å². The number of hydrogen-bond acceptors (Lipinski definition) is 3. The van der Waals surface area contributed by atoms with Crippen LogP contribution in [-0.2, 0) is 6.18 Å². The number of nitrogens with zero attached hydrogens (tertiary/aromatic N) is 2. The highest BCUT2D eigenvalue weighted by Crippen LogP contribution is 2.28. The summed E-state index contributed by atoms with van der Waals surface area (Å²) >= 11 is 0. The van der Waals surface area contributed by atoms with Gasteiger partial charge in [-0.25, -0.2) is 9.98 Å². The number of aromatic nitrogens is 1. The molecule has 0 radical (unpaired) electrons. The highest BCUT2D eigenvalue weighted by Gasteiger charge is 2.30. The van der Waals surface area contributed by atoms with Gasteiger partial charge in [-0.3, -0.25) is 10.7 Å². The topological polar surface area (TPSA) is 57.5 Å². The molecular formula is C7H6F3N3O. The Balaban J connectivity index is 2.84. The lowest BCUT2D eigenvalue weighted by Gasteiger charge is -2.04. The van der Waals surface area contributed by atoms with Crippen molar-refractivity contribution in [1.82, 2.24) is 10.5 Å². The lowest BCUT2D eigenvalue weighted by molar-refractivity contribution is -0.137. The van der Waals surface area contributed by atoms with Crippen molar-refractivity contribution in [3.05, 3.63) is 23.9 Å². The second-order valence-electron chi connectivity index (χ2n) is 2.29. The first-order valence-corrected chi connectivity index (χ1v) is 3.49. The van der Waals surface area contributed by atoms with E-state index in [4.69, 9.17) is 5.21 Å². The number of hydroxylamine groups is 1. The van der Waals surface area contributed by atoms with Gasteiger partial charge in [0.2, 0.25) is 0 Å². The Morgan fingerprint density at radius 1 is 1.43 bits per heavy atom. The fourth-order valence-electron chi connectivity index (χ4n) is 0.725. The van der Waals surface area contributed by atoms with Gasteiger partial charge < -0.3 is 0 Å². The van der Waals surface area contributed by atoms with Crippen LogP contribution in [-0.4, -0.2) is 16.5 Å². The SMILES string of the molecule is ONC=Nc1ccc(C(F)(F)F)cn1. The molecule has 0 aliphatic rings. The van der Waals surface area contributed by atoms with E-state index in [-0.39, 0.29) is 5.82 Å². The smallest absolute Gasteiger partial charge is 0.290 e. The fourth-order valence-corrected chi connectivity index (χ4v) is 0.725. The standard InChI is InChI=1S/C7H6F3N3O/c8-7(9,10)5-1-2-6(11-3-5)12-4-13-14/h1-4,14H,(H,11,12,13). The maximum absolute atomic E-state index is 12.0. The minimum absolute atomic E-state index is 0.0690. The van der Waals surface area contributed by atoms with Crippen molar-refractivity contribution in [2.45, 2.75) is 6.18 Å². The van der Waals surface area contributed by atoms with E-state index < -0.39 is 11.7 Å². The van der Waals surface area contributed by atoms with Gasteiger partial charge in [0.1, 0.15) is 6.34 Å². The third-order valence-corrected chi connectivity index (χ3v) is 1.33. The lowest BCUT2D eigenvalue weighted by Crippen LogP contribution is -2.05. The quantitative estimate of drug-likeness (QED) is 0.439. The summed E-state index contributed by atoms with van der Waals surface area (Å²) in [6.45, 7) is 0. The first kappa shape index (κ1) is 10.5. The van der Waals surface area contributed by atoms with E-state index in [1.165, 1.54) is 0 Å². The van der Waals surface area contributed by atoms with E-state index in [2.05, 4.69) is 9.98 Å². The van der Waals surface area contributed by atoms with Crippen LogP contribution >= 0.6 is 0 Å². The molecule has 76 valence electrons. The average Bonchev–Trinajstić information content (AvgIpc) is 2.14. The third kappa shape index (κ3) is 2.70. The molecule has 0 aliphatic carbocycles. The van der Waals surface area contributed by atoms with Crippen LogP contribution in [0.2, 0.25) is 0 Å². The summed E-state index contributed by atoms with van der Waals surface area (Å²) in [4.78, 5) is 6.90. The summed E-state index contributed by atoms with van der Waals surface area (Å²) in [5.74, 6) is 0.0690. The number of alkyl halides is 3. The average molecular weight is 205 g/mol. The zero-order valence-electron chi connectivity index (χ0n) is 6.78. The summed E-state index contributed by atoms with van der Waals surface area (Å²) in [6.07, 6.45) is -2.83. The van der Waals surface area contributed by atoms with Crippen LogP contribution in [0.5, 0.6) is 0 Å². The maximum Gasteiger partial charge on any atom is 0.417 e. The molecule has 0 aromatic carbocycles. The lowest BCUT2D eigenvalue weighted by atomic mass is 10.3. The molecule has 0 spiro atoms. The van der Waals surface area contributed by atoms with Crippen molar-refractivity contribution in [2.24, 2.45) is 4.99 Å². The van der Waals surface area contributed by atoms with Crippen LogP contribution in [0.4, 0.5) is 19.0 Å². The van der Waals surface area contributed by atoms with Crippen LogP contribution < -0.4 is 5.48 Å². The van der Waals surface area contributed by atoms with Crippen LogP contribution in [0.1, 0.15) is 5.56 Å². The minimum atomic E-state index is -4.40. The predicted octanol–water partition coefficient (Wildman–Crippen LogP) is 1.74. The van der Waals surface area contributed by atoms with Crippen molar-refractivity contribution < 1.29 is 18.4 Å². The number of rotatable bonds is 2. The zero-order chi connectivity index (χ0) is 10.6. The van der Waals surface area contributed by atoms with Gasteiger partial charge in [0.15, 0.2) is 5.82 Å². The van der Waals surface area contributed by atoms with Gasteiger partial charge in [0.25, 0.3) is 0 Å². The van der Waals surface area contributed by atoms with Gasteiger partial charge in [-0.2, -0.15) is 13.2 Å². The second kappa shape index (κ2) is 4.05.